The lowest BCUT2D eigenvalue weighted by Crippen LogP contribution is -2.11. The van der Waals surface area contributed by atoms with Crippen molar-refractivity contribution in [3.8, 4) is 17.1 Å². The fourth-order valence-electron chi connectivity index (χ4n) is 2.56. The van der Waals surface area contributed by atoms with E-state index in [-0.39, 0.29) is 18.0 Å². The summed E-state index contributed by atoms with van der Waals surface area (Å²) in [7, 11) is 0. The summed E-state index contributed by atoms with van der Waals surface area (Å²) in [5.41, 5.74) is 2.98. The zero-order chi connectivity index (χ0) is 15.3. The van der Waals surface area contributed by atoms with Crippen molar-refractivity contribution in [3.05, 3.63) is 47.5 Å². The van der Waals surface area contributed by atoms with Crippen molar-refractivity contribution < 1.29 is 13.9 Å². The number of fused-ring (bicyclic) bond motifs is 4. The van der Waals surface area contributed by atoms with Crippen LogP contribution < -0.4 is 4.74 Å². The third-order valence-electron chi connectivity index (χ3n) is 3.57. The average Bonchev–Trinajstić information content (AvgIpc) is 2.52. The zero-order valence-electron chi connectivity index (χ0n) is 11.6. The van der Waals surface area contributed by atoms with Gasteiger partial charge in [-0.25, -0.2) is 14.4 Å². The van der Waals surface area contributed by atoms with Crippen molar-refractivity contribution in [2.24, 2.45) is 0 Å². The second kappa shape index (κ2) is 4.56. The molecule has 1 aliphatic rings. The topological polar surface area (TPSA) is 65.0 Å². The quantitative estimate of drug-likeness (QED) is 0.646. The minimum Gasteiger partial charge on any atom is -0.470 e. The van der Waals surface area contributed by atoms with E-state index < -0.39 is 5.82 Å². The van der Waals surface area contributed by atoms with E-state index in [0.29, 0.717) is 22.6 Å². The standard InChI is InChI=1S/C16H10FN3O2/c1-8(21)11-5-9(17)6-12-14(11)20-15-10-3-2-4-18-13(10)7-22-16(15)19-12/h2-6H,7H2,1H3. The van der Waals surface area contributed by atoms with Crippen molar-refractivity contribution in [3.63, 3.8) is 0 Å². The average molecular weight is 295 g/mol. The fourth-order valence-corrected chi connectivity index (χ4v) is 2.56. The van der Waals surface area contributed by atoms with Gasteiger partial charge in [-0.1, -0.05) is 0 Å². The Morgan fingerprint density at radius 2 is 2.18 bits per heavy atom. The minimum atomic E-state index is -0.523. The van der Waals surface area contributed by atoms with E-state index in [2.05, 4.69) is 15.0 Å². The highest BCUT2D eigenvalue weighted by Crippen LogP contribution is 2.35. The lowest BCUT2D eigenvalue weighted by molar-refractivity contribution is 0.101. The van der Waals surface area contributed by atoms with E-state index in [1.54, 1.807) is 12.3 Å². The highest BCUT2D eigenvalue weighted by molar-refractivity contribution is 6.05. The third kappa shape index (κ3) is 1.84. The van der Waals surface area contributed by atoms with Crippen LogP contribution in [0.5, 0.6) is 5.88 Å². The number of ether oxygens (including phenoxy) is 1. The minimum absolute atomic E-state index is 0.210. The Morgan fingerprint density at radius 1 is 1.32 bits per heavy atom. The summed E-state index contributed by atoms with van der Waals surface area (Å²) >= 11 is 0. The van der Waals surface area contributed by atoms with Gasteiger partial charge in [-0.2, -0.15) is 0 Å². The molecule has 5 nitrogen and oxygen atoms in total. The van der Waals surface area contributed by atoms with Gasteiger partial charge >= 0.3 is 0 Å². The lowest BCUT2D eigenvalue weighted by atomic mass is 10.1. The number of hydrogen-bond acceptors (Lipinski definition) is 5. The molecule has 0 aliphatic carbocycles. The Hall–Kier alpha value is -2.89. The molecule has 4 rings (SSSR count). The number of ketones is 1. The normalized spacial score (nSPS) is 12.5. The van der Waals surface area contributed by atoms with Crippen molar-refractivity contribution in [1.29, 1.82) is 0 Å². The number of hydrogen-bond donors (Lipinski definition) is 0. The van der Waals surface area contributed by atoms with Crippen LogP contribution in [0.25, 0.3) is 22.3 Å². The molecule has 3 aromatic rings. The number of aromatic nitrogens is 3. The molecule has 0 saturated heterocycles. The van der Waals surface area contributed by atoms with Gasteiger partial charge in [-0.15, -0.1) is 0 Å². The summed E-state index contributed by atoms with van der Waals surface area (Å²) in [6.07, 6.45) is 1.68. The molecule has 0 unspecified atom stereocenters. The highest BCUT2D eigenvalue weighted by Gasteiger charge is 2.23. The first-order valence-corrected chi connectivity index (χ1v) is 6.73. The summed E-state index contributed by atoms with van der Waals surface area (Å²) in [5.74, 6) is -0.459. The van der Waals surface area contributed by atoms with Gasteiger partial charge in [0.1, 0.15) is 23.6 Å². The Balaban J connectivity index is 2.07. The van der Waals surface area contributed by atoms with Crippen LogP contribution in [0.15, 0.2) is 30.5 Å². The first-order valence-electron chi connectivity index (χ1n) is 6.73. The van der Waals surface area contributed by atoms with Crippen LogP contribution in [0, 0.1) is 5.82 Å². The zero-order valence-corrected chi connectivity index (χ0v) is 11.6. The molecule has 0 bridgehead atoms. The molecule has 1 aromatic carbocycles. The summed E-state index contributed by atoms with van der Waals surface area (Å²) in [4.78, 5) is 24.8. The number of halogens is 1. The predicted octanol–water partition coefficient (Wildman–Crippen LogP) is 2.93. The van der Waals surface area contributed by atoms with Crippen molar-refractivity contribution in [1.82, 2.24) is 15.0 Å². The summed E-state index contributed by atoms with van der Waals surface area (Å²) in [6, 6.07) is 6.11. The van der Waals surface area contributed by atoms with Crippen molar-refractivity contribution in [2.75, 3.05) is 0 Å². The molecule has 1 aliphatic heterocycles. The molecule has 0 radical (unpaired) electrons. The van der Waals surface area contributed by atoms with E-state index in [0.717, 1.165) is 11.3 Å². The van der Waals surface area contributed by atoms with Crippen LogP contribution in [0.3, 0.4) is 0 Å². The summed E-state index contributed by atoms with van der Waals surface area (Å²) < 4.78 is 19.2. The fraction of sp³-hybridized carbons (Fsp3) is 0.125. The number of carbonyl (C=O) groups excluding carboxylic acids is 1. The summed E-state index contributed by atoms with van der Waals surface area (Å²) in [5, 5.41) is 0. The number of benzene rings is 1. The second-order valence-corrected chi connectivity index (χ2v) is 5.04. The van der Waals surface area contributed by atoms with Gasteiger partial charge in [0.05, 0.1) is 11.2 Å². The molecule has 0 spiro atoms. The van der Waals surface area contributed by atoms with E-state index >= 15 is 0 Å². The van der Waals surface area contributed by atoms with Gasteiger partial charge in [0.15, 0.2) is 5.78 Å². The summed E-state index contributed by atoms with van der Waals surface area (Å²) in [6.45, 7) is 1.67. The van der Waals surface area contributed by atoms with Crippen LogP contribution in [0.4, 0.5) is 4.39 Å². The maximum atomic E-state index is 13.7. The maximum Gasteiger partial charge on any atom is 0.241 e. The van der Waals surface area contributed by atoms with E-state index in [4.69, 9.17) is 4.74 Å². The highest BCUT2D eigenvalue weighted by atomic mass is 19.1. The van der Waals surface area contributed by atoms with Gasteiger partial charge < -0.3 is 4.74 Å². The second-order valence-electron chi connectivity index (χ2n) is 5.04. The number of rotatable bonds is 1. The Bertz CT molecular complexity index is 940. The first kappa shape index (κ1) is 12.8. The molecule has 108 valence electrons. The van der Waals surface area contributed by atoms with Crippen molar-refractivity contribution in [2.45, 2.75) is 13.5 Å². The smallest absolute Gasteiger partial charge is 0.241 e. The SMILES string of the molecule is CC(=O)c1cc(F)cc2nc3c(nc12)-c1cccnc1CO3. The van der Waals surface area contributed by atoms with Gasteiger partial charge in [-0.05, 0) is 25.1 Å². The van der Waals surface area contributed by atoms with Crippen LogP contribution in [0.1, 0.15) is 23.0 Å². The van der Waals surface area contributed by atoms with Crippen LogP contribution in [-0.2, 0) is 6.61 Å². The monoisotopic (exact) mass is 295 g/mol. The number of nitrogens with zero attached hydrogens (tertiary/aromatic N) is 3. The van der Waals surface area contributed by atoms with E-state index in [1.165, 1.54) is 19.1 Å². The number of Topliss-reactive ketones (excluding diaryl/α,β-unsaturated/α-hetero) is 1. The molecule has 0 fully saturated rings. The largest absolute Gasteiger partial charge is 0.470 e. The molecule has 6 heteroatoms. The van der Waals surface area contributed by atoms with Crippen LogP contribution in [0.2, 0.25) is 0 Å². The molecule has 22 heavy (non-hydrogen) atoms. The molecule has 0 amide bonds. The van der Waals surface area contributed by atoms with Crippen LogP contribution >= 0.6 is 0 Å². The first-order chi connectivity index (χ1) is 10.6. The Kier molecular flexibility index (Phi) is 2.66. The number of carbonyl (C=O) groups is 1. The van der Waals surface area contributed by atoms with Crippen molar-refractivity contribution >= 4 is 16.8 Å². The molecule has 2 aromatic heterocycles. The molecule has 0 N–H and O–H groups in total. The van der Waals surface area contributed by atoms with Gasteiger partial charge in [0, 0.05) is 23.4 Å². The Morgan fingerprint density at radius 3 is 3.00 bits per heavy atom. The molecule has 3 heterocycles. The van der Waals surface area contributed by atoms with E-state index in [1.807, 2.05) is 6.07 Å². The Labute approximate surface area is 124 Å². The van der Waals surface area contributed by atoms with Gasteiger partial charge in [-0.3, -0.25) is 9.78 Å². The third-order valence-corrected chi connectivity index (χ3v) is 3.57. The number of pyridine rings is 1. The van der Waals surface area contributed by atoms with E-state index in [9.17, 15) is 9.18 Å². The van der Waals surface area contributed by atoms with Crippen LogP contribution in [-0.4, -0.2) is 20.7 Å². The molecular formula is C16H10FN3O2. The maximum absolute atomic E-state index is 13.7. The lowest BCUT2D eigenvalue weighted by Gasteiger charge is -2.18. The molecule has 0 saturated carbocycles. The van der Waals surface area contributed by atoms with Gasteiger partial charge in [0.2, 0.25) is 5.88 Å². The molecule has 0 atom stereocenters. The molecular weight excluding hydrogens is 285 g/mol. The predicted molar refractivity (Wildman–Crippen MR) is 77.1 cm³/mol. The van der Waals surface area contributed by atoms with Gasteiger partial charge in [0.25, 0.3) is 0 Å².